The van der Waals surface area contributed by atoms with Crippen molar-refractivity contribution in [2.24, 2.45) is 0 Å². The molecule has 2 aromatic rings. The second-order valence-corrected chi connectivity index (χ2v) is 5.11. The first-order valence-electron chi connectivity index (χ1n) is 6.08. The molecule has 5 heteroatoms. The topological polar surface area (TPSA) is 62.2 Å². The smallest absolute Gasteiger partial charge is 0.271 e. The first-order chi connectivity index (χ1) is 9.16. The van der Waals surface area contributed by atoms with Gasteiger partial charge >= 0.3 is 0 Å². The Labute approximate surface area is 116 Å². The van der Waals surface area contributed by atoms with Gasteiger partial charge in [-0.05, 0) is 12.5 Å². The zero-order valence-corrected chi connectivity index (χ0v) is 11.4. The molecule has 19 heavy (non-hydrogen) atoms. The van der Waals surface area contributed by atoms with Gasteiger partial charge in [-0.15, -0.1) is 11.3 Å². The normalized spacial score (nSPS) is 13.8. The Hall–Kier alpha value is -1.72. The third-order valence-electron chi connectivity index (χ3n) is 2.89. The maximum absolute atomic E-state index is 11.8. The minimum atomic E-state index is -0.620. The first kappa shape index (κ1) is 13.7. The van der Waals surface area contributed by atoms with Crippen molar-refractivity contribution in [1.82, 2.24) is 10.3 Å². The fraction of sp³-hybridized carbons (Fsp3) is 0.286. The van der Waals surface area contributed by atoms with E-state index in [9.17, 15) is 9.90 Å². The van der Waals surface area contributed by atoms with E-state index in [0.717, 1.165) is 5.56 Å². The van der Waals surface area contributed by atoms with Crippen molar-refractivity contribution in [3.05, 3.63) is 52.5 Å². The summed E-state index contributed by atoms with van der Waals surface area (Å²) in [7, 11) is 0. The molecule has 0 fully saturated rings. The number of aromatic nitrogens is 1. The van der Waals surface area contributed by atoms with Gasteiger partial charge in [-0.25, -0.2) is 4.98 Å². The van der Waals surface area contributed by atoms with E-state index >= 15 is 0 Å². The van der Waals surface area contributed by atoms with Gasteiger partial charge in [0.15, 0.2) is 0 Å². The van der Waals surface area contributed by atoms with E-state index in [4.69, 9.17) is 0 Å². The van der Waals surface area contributed by atoms with Crippen LogP contribution in [0.3, 0.4) is 0 Å². The SMILES string of the molecule is CC(NC(=O)c1cscn1)C(O)Cc1ccccc1. The number of benzene rings is 1. The molecule has 0 saturated carbocycles. The fourth-order valence-electron chi connectivity index (χ4n) is 1.73. The zero-order chi connectivity index (χ0) is 13.7. The highest BCUT2D eigenvalue weighted by atomic mass is 32.1. The molecule has 2 N–H and O–H groups in total. The number of nitrogens with one attached hydrogen (secondary N) is 1. The van der Waals surface area contributed by atoms with E-state index in [2.05, 4.69) is 10.3 Å². The average Bonchev–Trinajstić information content (AvgIpc) is 2.93. The second kappa shape index (κ2) is 6.45. The molecule has 0 spiro atoms. The summed E-state index contributed by atoms with van der Waals surface area (Å²) in [6, 6.07) is 9.38. The number of aliphatic hydroxyl groups is 1. The van der Waals surface area contributed by atoms with Crippen LogP contribution in [0.5, 0.6) is 0 Å². The molecular formula is C14H16N2O2S. The monoisotopic (exact) mass is 276 g/mol. The van der Waals surface area contributed by atoms with Crippen LogP contribution in [0.25, 0.3) is 0 Å². The quantitative estimate of drug-likeness (QED) is 0.876. The lowest BCUT2D eigenvalue weighted by molar-refractivity contribution is 0.0848. The van der Waals surface area contributed by atoms with E-state index in [0.29, 0.717) is 12.1 Å². The first-order valence-corrected chi connectivity index (χ1v) is 7.02. The molecule has 1 aromatic heterocycles. The highest BCUT2D eigenvalue weighted by Crippen LogP contribution is 2.07. The Morgan fingerprint density at radius 3 is 2.79 bits per heavy atom. The molecule has 2 rings (SSSR count). The van der Waals surface area contributed by atoms with Gasteiger partial charge < -0.3 is 10.4 Å². The Kier molecular flexibility index (Phi) is 4.65. The molecule has 0 aliphatic rings. The highest BCUT2D eigenvalue weighted by Gasteiger charge is 2.18. The molecule has 1 aromatic carbocycles. The summed E-state index contributed by atoms with van der Waals surface area (Å²) in [5.41, 5.74) is 3.05. The van der Waals surface area contributed by atoms with Crippen molar-refractivity contribution in [3.8, 4) is 0 Å². The summed E-state index contributed by atoms with van der Waals surface area (Å²) >= 11 is 1.37. The molecule has 0 bridgehead atoms. The molecule has 0 aliphatic heterocycles. The molecular weight excluding hydrogens is 260 g/mol. The fourth-order valence-corrected chi connectivity index (χ4v) is 2.27. The van der Waals surface area contributed by atoms with E-state index < -0.39 is 6.10 Å². The Bertz CT molecular complexity index is 514. The number of rotatable bonds is 5. The Morgan fingerprint density at radius 1 is 1.42 bits per heavy atom. The molecule has 2 atom stereocenters. The standard InChI is InChI=1S/C14H16N2O2S/c1-10(16-14(18)12-8-19-9-15-12)13(17)7-11-5-3-2-4-6-11/h2-6,8-10,13,17H,7H2,1H3,(H,16,18). The van der Waals surface area contributed by atoms with Gasteiger partial charge in [0.25, 0.3) is 5.91 Å². The van der Waals surface area contributed by atoms with E-state index in [1.165, 1.54) is 11.3 Å². The minimum absolute atomic E-state index is 0.249. The lowest BCUT2D eigenvalue weighted by Gasteiger charge is -2.19. The van der Waals surface area contributed by atoms with Crippen molar-refractivity contribution in [3.63, 3.8) is 0 Å². The summed E-state index contributed by atoms with van der Waals surface area (Å²) in [5.74, 6) is -0.249. The van der Waals surface area contributed by atoms with Crippen LogP contribution in [0.1, 0.15) is 23.0 Å². The van der Waals surface area contributed by atoms with Gasteiger partial charge in [0.05, 0.1) is 17.7 Å². The molecule has 0 radical (unpaired) electrons. The summed E-state index contributed by atoms with van der Waals surface area (Å²) < 4.78 is 0. The highest BCUT2D eigenvalue weighted by molar-refractivity contribution is 7.07. The van der Waals surface area contributed by atoms with Crippen LogP contribution in [0.15, 0.2) is 41.2 Å². The van der Waals surface area contributed by atoms with Gasteiger partial charge in [-0.2, -0.15) is 0 Å². The zero-order valence-electron chi connectivity index (χ0n) is 10.6. The lowest BCUT2D eigenvalue weighted by Crippen LogP contribution is -2.42. The minimum Gasteiger partial charge on any atom is -0.391 e. The number of nitrogens with zero attached hydrogens (tertiary/aromatic N) is 1. The summed E-state index contributed by atoms with van der Waals surface area (Å²) in [4.78, 5) is 15.7. The molecule has 100 valence electrons. The molecule has 1 heterocycles. The molecule has 0 aliphatic carbocycles. The number of hydrogen-bond acceptors (Lipinski definition) is 4. The van der Waals surface area contributed by atoms with Crippen molar-refractivity contribution in [2.45, 2.75) is 25.5 Å². The van der Waals surface area contributed by atoms with Gasteiger partial charge in [0.2, 0.25) is 0 Å². The van der Waals surface area contributed by atoms with Gasteiger partial charge in [-0.1, -0.05) is 30.3 Å². The number of amides is 1. The Morgan fingerprint density at radius 2 is 2.16 bits per heavy atom. The van der Waals surface area contributed by atoms with Crippen LogP contribution in [-0.2, 0) is 6.42 Å². The maximum atomic E-state index is 11.8. The van der Waals surface area contributed by atoms with Gasteiger partial charge in [-0.3, -0.25) is 4.79 Å². The van der Waals surface area contributed by atoms with Crippen LogP contribution < -0.4 is 5.32 Å². The lowest BCUT2D eigenvalue weighted by atomic mass is 10.0. The van der Waals surface area contributed by atoms with Crippen molar-refractivity contribution in [2.75, 3.05) is 0 Å². The van der Waals surface area contributed by atoms with Crippen LogP contribution in [-0.4, -0.2) is 28.1 Å². The van der Waals surface area contributed by atoms with E-state index in [1.807, 2.05) is 30.3 Å². The summed E-state index contributed by atoms with van der Waals surface area (Å²) in [6.07, 6.45) is -0.107. The third kappa shape index (κ3) is 3.87. The molecule has 0 saturated heterocycles. The van der Waals surface area contributed by atoms with Gasteiger partial charge in [0, 0.05) is 11.8 Å². The van der Waals surface area contributed by atoms with E-state index in [-0.39, 0.29) is 11.9 Å². The number of carbonyl (C=O) groups excluding carboxylic acids is 1. The van der Waals surface area contributed by atoms with Crippen LogP contribution in [0.4, 0.5) is 0 Å². The van der Waals surface area contributed by atoms with Crippen molar-refractivity contribution >= 4 is 17.2 Å². The van der Waals surface area contributed by atoms with Crippen LogP contribution in [0, 0.1) is 0 Å². The number of thiazole rings is 1. The molecule has 2 unspecified atom stereocenters. The summed E-state index contributed by atoms with van der Waals surface area (Å²) in [6.45, 7) is 1.79. The summed E-state index contributed by atoms with van der Waals surface area (Å²) in [5, 5.41) is 14.5. The van der Waals surface area contributed by atoms with Crippen LogP contribution in [0.2, 0.25) is 0 Å². The second-order valence-electron chi connectivity index (χ2n) is 4.39. The van der Waals surface area contributed by atoms with E-state index in [1.54, 1.807) is 17.8 Å². The van der Waals surface area contributed by atoms with Crippen LogP contribution >= 0.6 is 11.3 Å². The number of aliphatic hydroxyl groups excluding tert-OH is 1. The predicted octanol–water partition coefficient (Wildman–Crippen LogP) is 1.86. The predicted molar refractivity (Wildman–Crippen MR) is 75.2 cm³/mol. The maximum Gasteiger partial charge on any atom is 0.271 e. The molecule has 4 nitrogen and oxygen atoms in total. The number of carbonyl (C=O) groups is 1. The average molecular weight is 276 g/mol. The number of hydrogen-bond donors (Lipinski definition) is 2. The largest absolute Gasteiger partial charge is 0.391 e. The molecule has 1 amide bonds. The van der Waals surface area contributed by atoms with Crippen molar-refractivity contribution in [1.29, 1.82) is 0 Å². The Balaban J connectivity index is 1.89. The van der Waals surface area contributed by atoms with Gasteiger partial charge in [0.1, 0.15) is 5.69 Å². The third-order valence-corrected chi connectivity index (χ3v) is 3.48. The van der Waals surface area contributed by atoms with Crippen molar-refractivity contribution < 1.29 is 9.90 Å².